The molecule has 1 radical (unpaired) electrons. The molecule has 0 saturated carbocycles. The Bertz CT molecular complexity index is 373. The van der Waals surface area contributed by atoms with E-state index in [0.29, 0.717) is 11.2 Å². The molecule has 0 unspecified atom stereocenters. The van der Waals surface area contributed by atoms with Crippen LogP contribution in [0.3, 0.4) is 0 Å². The molecule has 0 spiro atoms. The second kappa shape index (κ2) is 3.80. The standard InChI is InChI=1S/C7H9BNO3S/c1-13(11,12)9-7-4-2-6(8-10)3-5-7/h2-5,9-10H,1H3. The van der Waals surface area contributed by atoms with Gasteiger partial charge in [0.1, 0.15) is 0 Å². The van der Waals surface area contributed by atoms with Crippen molar-refractivity contribution in [3.63, 3.8) is 0 Å². The van der Waals surface area contributed by atoms with Crippen molar-refractivity contribution in [1.29, 1.82) is 0 Å². The highest BCUT2D eigenvalue weighted by molar-refractivity contribution is 7.92. The number of benzene rings is 1. The zero-order valence-corrected chi connectivity index (χ0v) is 7.88. The van der Waals surface area contributed by atoms with Crippen molar-refractivity contribution in [3.8, 4) is 0 Å². The molecule has 4 nitrogen and oxygen atoms in total. The Morgan fingerprint density at radius 2 is 1.85 bits per heavy atom. The minimum absolute atomic E-state index is 0.480. The number of anilines is 1. The summed E-state index contributed by atoms with van der Waals surface area (Å²) >= 11 is 0. The van der Waals surface area contributed by atoms with Gasteiger partial charge in [-0.3, -0.25) is 4.72 Å². The summed E-state index contributed by atoms with van der Waals surface area (Å²) in [4.78, 5) is 0. The molecule has 1 aromatic carbocycles. The van der Waals surface area contributed by atoms with Crippen LogP contribution in [0.2, 0.25) is 0 Å². The van der Waals surface area contributed by atoms with Crippen LogP contribution in [0.4, 0.5) is 5.69 Å². The van der Waals surface area contributed by atoms with Gasteiger partial charge in [-0.15, -0.1) is 0 Å². The lowest BCUT2D eigenvalue weighted by Crippen LogP contribution is -2.14. The van der Waals surface area contributed by atoms with Crippen LogP contribution < -0.4 is 10.2 Å². The first-order chi connectivity index (χ1) is 6.01. The van der Waals surface area contributed by atoms with Crippen LogP contribution in [0.25, 0.3) is 0 Å². The molecule has 1 aromatic rings. The third kappa shape index (κ3) is 3.48. The van der Waals surface area contributed by atoms with Gasteiger partial charge in [-0.1, -0.05) is 17.6 Å². The molecule has 13 heavy (non-hydrogen) atoms. The van der Waals surface area contributed by atoms with Crippen LogP contribution in [-0.2, 0) is 10.0 Å². The Morgan fingerprint density at radius 3 is 2.23 bits per heavy atom. The van der Waals surface area contributed by atoms with Crippen molar-refractivity contribution < 1.29 is 13.4 Å². The minimum Gasteiger partial charge on any atom is -0.450 e. The Morgan fingerprint density at radius 1 is 1.31 bits per heavy atom. The first kappa shape index (κ1) is 10.1. The molecule has 0 fully saturated rings. The normalized spacial score (nSPS) is 10.9. The molecule has 0 heterocycles. The van der Waals surface area contributed by atoms with E-state index < -0.39 is 10.0 Å². The van der Waals surface area contributed by atoms with Gasteiger partial charge in [-0.05, 0) is 12.1 Å². The number of sulfonamides is 1. The fourth-order valence-corrected chi connectivity index (χ4v) is 1.42. The minimum atomic E-state index is -3.22. The molecule has 0 saturated heterocycles. The average Bonchev–Trinajstić information content (AvgIpc) is 2.03. The number of nitrogens with one attached hydrogen (secondary N) is 1. The van der Waals surface area contributed by atoms with Gasteiger partial charge >= 0.3 is 7.48 Å². The summed E-state index contributed by atoms with van der Waals surface area (Å²) in [6.07, 6.45) is 1.08. The van der Waals surface area contributed by atoms with E-state index in [2.05, 4.69) is 4.72 Å². The molecule has 0 bridgehead atoms. The molecule has 2 N–H and O–H groups in total. The second-order valence-electron chi connectivity index (χ2n) is 2.63. The van der Waals surface area contributed by atoms with Gasteiger partial charge in [0.05, 0.1) is 6.26 Å². The predicted octanol–water partition coefficient (Wildman–Crippen LogP) is -0.705. The van der Waals surface area contributed by atoms with Gasteiger partial charge in [0, 0.05) is 5.69 Å². The van der Waals surface area contributed by atoms with Crippen molar-refractivity contribution >= 4 is 28.7 Å². The average molecular weight is 198 g/mol. The van der Waals surface area contributed by atoms with E-state index in [1.54, 1.807) is 24.3 Å². The lowest BCUT2D eigenvalue weighted by atomic mass is 9.89. The fraction of sp³-hybridized carbons (Fsp3) is 0.143. The van der Waals surface area contributed by atoms with E-state index in [-0.39, 0.29) is 0 Å². The van der Waals surface area contributed by atoms with Crippen LogP contribution in [-0.4, -0.2) is 27.2 Å². The van der Waals surface area contributed by atoms with Crippen molar-refractivity contribution in [2.45, 2.75) is 0 Å². The van der Waals surface area contributed by atoms with Gasteiger partial charge in [0.2, 0.25) is 10.0 Å². The highest BCUT2D eigenvalue weighted by Crippen LogP contribution is 2.05. The summed E-state index contributed by atoms with van der Waals surface area (Å²) < 4.78 is 23.9. The smallest absolute Gasteiger partial charge is 0.326 e. The quantitative estimate of drug-likeness (QED) is 0.630. The van der Waals surface area contributed by atoms with Gasteiger partial charge in [0.15, 0.2) is 0 Å². The molecule has 69 valence electrons. The first-order valence-electron chi connectivity index (χ1n) is 3.56. The van der Waals surface area contributed by atoms with Crippen molar-refractivity contribution in [2.75, 3.05) is 11.0 Å². The molecule has 0 aliphatic heterocycles. The topological polar surface area (TPSA) is 66.4 Å². The maximum absolute atomic E-state index is 10.8. The fourth-order valence-electron chi connectivity index (χ4n) is 0.851. The summed E-state index contributed by atoms with van der Waals surface area (Å²) in [5.41, 5.74) is 1.10. The van der Waals surface area contributed by atoms with E-state index in [0.717, 1.165) is 13.7 Å². The lowest BCUT2D eigenvalue weighted by molar-refractivity contribution is 0.606. The number of hydrogen-bond donors (Lipinski definition) is 2. The molecular weight excluding hydrogens is 189 g/mol. The van der Waals surface area contributed by atoms with Crippen LogP contribution >= 0.6 is 0 Å². The Kier molecular flexibility index (Phi) is 2.95. The Labute approximate surface area is 77.9 Å². The van der Waals surface area contributed by atoms with E-state index in [1.807, 2.05) is 0 Å². The first-order valence-corrected chi connectivity index (χ1v) is 5.46. The molecule has 0 aliphatic rings. The second-order valence-corrected chi connectivity index (χ2v) is 4.37. The molecule has 0 amide bonds. The van der Waals surface area contributed by atoms with E-state index >= 15 is 0 Å². The van der Waals surface area contributed by atoms with E-state index in [1.165, 1.54) is 0 Å². The molecule has 0 aromatic heterocycles. The third-order valence-corrected chi connectivity index (χ3v) is 1.97. The number of rotatable bonds is 3. The Balaban J connectivity index is 2.81. The predicted molar refractivity (Wildman–Crippen MR) is 52.5 cm³/mol. The summed E-state index contributed by atoms with van der Waals surface area (Å²) in [6.45, 7) is 0. The highest BCUT2D eigenvalue weighted by Gasteiger charge is 2.00. The van der Waals surface area contributed by atoms with Crippen LogP contribution in [0.15, 0.2) is 24.3 Å². The molecule has 6 heteroatoms. The van der Waals surface area contributed by atoms with Crippen molar-refractivity contribution in [3.05, 3.63) is 24.3 Å². The third-order valence-electron chi connectivity index (χ3n) is 1.36. The molecule has 0 atom stereocenters. The van der Waals surface area contributed by atoms with Crippen molar-refractivity contribution in [1.82, 2.24) is 0 Å². The zero-order valence-electron chi connectivity index (χ0n) is 7.06. The van der Waals surface area contributed by atoms with E-state index in [4.69, 9.17) is 5.02 Å². The largest absolute Gasteiger partial charge is 0.450 e. The van der Waals surface area contributed by atoms with Gasteiger partial charge in [-0.25, -0.2) is 8.42 Å². The van der Waals surface area contributed by atoms with Crippen molar-refractivity contribution in [2.24, 2.45) is 0 Å². The summed E-state index contributed by atoms with van der Waals surface area (Å²) in [6, 6.07) is 6.35. The molecule has 1 rings (SSSR count). The molecule has 0 aliphatic carbocycles. The van der Waals surface area contributed by atoms with Crippen LogP contribution in [0, 0.1) is 0 Å². The maximum Gasteiger partial charge on any atom is 0.326 e. The monoisotopic (exact) mass is 198 g/mol. The summed E-state index contributed by atoms with van der Waals surface area (Å²) in [7, 11) is -2.27. The lowest BCUT2D eigenvalue weighted by Gasteiger charge is -2.03. The van der Waals surface area contributed by atoms with Gasteiger partial charge in [-0.2, -0.15) is 0 Å². The highest BCUT2D eigenvalue weighted by atomic mass is 32.2. The van der Waals surface area contributed by atoms with Crippen LogP contribution in [0.5, 0.6) is 0 Å². The van der Waals surface area contributed by atoms with Crippen LogP contribution in [0.1, 0.15) is 0 Å². The zero-order chi connectivity index (χ0) is 9.90. The van der Waals surface area contributed by atoms with Gasteiger partial charge < -0.3 is 5.02 Å². The number of hydrogen-bond acceptors (Lipinski definition) is 3. The Hall–Kier alpha value is -1.01. The summed E-state index contributed by atoms with van der Waals surface area (Å²) in [5, 5.41) is 8.60. The maximum atomic E-state index is 10.8. The van der Waals surface area contributed by atoms with Gasteiger partial charge in [0.25, 0.3) is 0 Å². The molecular formula is C7H9BNO3S. The summed E-state index contributed by atoms with van der Waals surface area (Å²) in [5.74, 6) is 0. The SMILES string of the molecule is CS(=O)(=O)Nc1ccc([B]O)cc1. The van der Waals surface area contributed by atoms with E-state index in [9.17, 15) is 8.42 Å².